The molecule has 0 saturated heterocycles. The van der Waals surface area contributed by atoms with Crippen molar-refractivity contribution in [3.8, 4) is 11.4 Å². The molecule has 0 spiro atoms. The van der Waals surface area contributed by atoms with Crippen molar-refractivity contribution in [1.29, 1.82) is 0 Å². The minimum atomic E-state index is -0.138. The molecular weight excluding hydrogens is 273 g/mol. The molecule has 96 valence electrons. The number of aliphatic hydroxyl groups excluding tert-OH is 1. The Bertz CT molecular complexity index is 534. The van der Waals surface area contributed by atoms with Gasteiger partial charge in [-0.25, -0.2) is 0 Å². The van der Waals surface area contributed by atoms with Crippen LogP contribution in [0.5, 0.6) is 0 Å². The molecule has 1 heterocycles. The topological polar surface area (TPSA) is 50.9 Å². The molecule has 0 aliphatic rings. The van der Waals surface area contributed by atoms with Crippen LogP contribution >= 0.6 is 23.2 Å². The van der Waals surface area contributed by atoms with E-state index in [0.717, 1.165) is 18.5 Å². The molecule has 4 nitrogen and oxygen atoms in total. The number of aliphatic hydroxyl groups is 1. The first-order valence-corrected chi connectivity index (χ1v) is 6.40. The van der Waals surface area contributed by atoms with E-state index >= 15 is 0 Å². The van der Waals surface area contributed by atoms with Crippen LogP contribution in [0, 0.1) is 0 Å². The Balaban J connectivity index is 2.52. The lowest BCUT2D eigenvalue weighted by Crippen LogP contribution is -2.05. The molecule has 6 heteroatoms. The predicted octanol–water partition coefficient (Wildman–Crippen LogP) is 3.15. The number of rotatable bonds is 4. The molecule has 0 amide bonds. The summed E-state index contributed by atoms with van der Waals surface area (Å²) in [6, 6.07) is 5.23. The molecular formula is C12H13Cl2N3O. The Morgan fingerprint density at radius 1 is 1.17 bits per heavy atom. The SMILES string of the molecule is CCCn1c(CO)nnc1-c1cc(Cl)cc(Cl)c1. The van der Waals surface area contributed by atoms with E-state index in [1.165, 1.54) is 0 Å². The molecule has 0 radical (unpaired) electrons. The first-order chi connectivity index (χ1) is 8.65. The van der Waals surface area contributed by atoms with Gasteiger partial charge in [0.1, 0.15) is 6.61 Å². The predicted molar refractivity (Wildman–Crippen MR) is 71.7 cm³/mol. The van der Waals surface area contributed by atoms with Gasteiger partial charge in [-0.15, -0.1) is 10.2 Å². The number of hydrogen-bond acceptors (Lipinski definition) is 3. The van der Waals surface area contributed by atoms with Gasteiger partial charge in [0, 0.05) is 22.2 Å². The summed E-state index contributed by atoms with van der Waals surface area (Å²) in [6.45, 7) is 2.65. The number of nitrogens with zero attached hydrogens (tertiary/aromatic N) is 3. The van der Waals surface area contributed by atoms with Crippen molar-refractivity contribution < 1.29 is 5.11 Å². The number of aromatic nitrogens is 3. The zero-order chi connectivity index (χ0) is 13.1. The summed E-state index contributed by atoms with van der Waals surface area (Å²) in [5, 5.41) is 18.4. The van der Waals surface area contributed by atoms with Crippen molar-refractivity contribution in [2.75, 3.05) is 0 Å². The second-order valence-electron chi connectivity index (χ2n) is 3.91. The lowest BCUT2D eigenvalue weighted by Gasteiger charge is -2.08. The molecule has 0 fully saturated rings. The van der Waals surface area contributed by atoms with Crippen molar-refractivity contribution in [2.45, 2.75) is 26.5 Å². The summed E-state index contributed by atoms with van der Waals surface area (Å²) in [5.41, 5.74) is 0.799. The molecule has 18 heavy (non-hydrogen) atoms. The molecule has 0 saturated carbocycles. The van der Waals surface area contributed by atoms with Crippen LogP contribution in [-0.4, -0.2) is 19.9 Å². The van der Waals surface area contributed by atoms with Crippen molar-refractivity contribution >= 4 is 23.2 Å². The minimum absolute atomic E-state index is 0.138. The van der Waals surface area contributed by atoms with E-state index in [2.05, 4.69) is 17.1 Å². The van der Waals surface area contributed by atoms with E-state index in [-0.39, 0.29) is 6.61 Å². The average Bonchev–Trinajstić information content (AvgIpc) is 2.71. The third-order valence-corrected chi connectivity index (χ3v) is 2.97. The Morgan fingerprint density at radius 3 is 2.39 bits per heavy atom. The van der Waals surface area contributed by atoms with E-state index in [9.17, 15) is 5.11 Å². The standard InChI is InChI=1S/C12H13Cl2N3O/c1-2-3-17-11(7-18)15-16-12(17)8-4-9(13)6-10(14)5-8/h4-6,18H,2-3,7H2,1H3. The third-order valence-electron chi connectivity index (χ3n) is 2.54. The van der Waals surface area contributed by atoms with E-state index in [4.69, 9.17) is 23.2 Å². The Labute approximate surface area is 115 Å². The summed E-state index contributed by atoms with van der Waals surface area (Å²) in [6.07, 6.45) is 0.923. The van der Waals surface area contributed by atoms with Crippen LogP contribution in [0.3, 0.4) is 0 Å². The Hall–Kier alpha value is -1.10. The second-order valence-corrected chi connectivity index (χ2v) is 4.78. The van der Waals surface area contributed by atoms with Crippen LogP contribution in [0.1, 0.15) is 19.2 Å². The maximum absolute atomic E-state index is 9.24. The Kier molecular flexibility index (Phi) is 4.22. The van der Waals surface area contributed by atoms with Crippen LogP contribution in [0.4, 0.5) is 0 Å². The minimum Gasteiger partial charge on any atom is -0.388 e. The van der Waals surface area contributed by atoms with Crippen LogP contribution in [0.2, 0.25) is 10.0 Å². The summed E-state index contributed by atoms with van der Waals surface area (Å²) < 4.78 is 1.88. The fraction of sp³-hybridized carbons (Fsp3) is 0.333. The van der Waals surface area contributed by atoms with Crippen molar-refractivity contribution in [3.05, 3.63) is 34.1 Å². The van der Waals surface area contributed by atoms with Crippen molar-refractivity contribution in [2.24, 2.45) is 0 Å². The van der Waals surface area contributed by atoms with E-state index in [0.29, 0.717) is 21.7 Å². The largest absolute Gasteiger partial charge is 0.388 e. The highest BCUT2D eigenvalue weighted by atomic mass is 35.5. The highest BCUT2D eigenvalue weighted by molar-refractivity contribution is 6.35. The van der Waals surface area contributed by atoms with Gasteiger partial charge in [0.05, 0.1) is 0 Å². The molecule has 0 aliphatic carbocycles. The Morgan fingerprint density at radius 2 is 1.83 bits per heavy atom. The van der Waals surface area contributed by atoms with Crippen LogP contribution in [0.15, 0.2) is 18.2 Å². The van der Waals surface area contributed by atoms with Gasteiger partial charge in [-0.2, -0.15) is 0 Å². The van der Waals surface area contributed by atoms with Crippen LogP contribution < -0.4 is 0 Å². The molecule has 0 atom stereocenters. The van der Waals surface area contributed by atoms with Gasteiger partial charge in [0.25, 0.3) is 0 Å². The molecule has 0 bridgehead atoms. The van der Waals surface area contributed by atoms with E-state index < -0.39 is 0 Å². The fourth-order valence-corrected chi connectivity index (χ4v) is 2.33. The van der Waals surface area contributed by atoms with Gasteiger partial charge in [0.15, 0.2) is 11.6 Å². The molecule has 0 unspecified atom stereocenters. The summed E-state index contributed by atoms with van der Waals surface area (Å²) in [5.74, 6) is 1.22. The number of benzene rings is 1. The highest BCUT2D eigenvalue weighted by Gasteiger charge is 2.13. The summed E-state index contributed by atoms with van der Waals surface area (Å²) >= 11 is 12.0. The monoisotopic (exact) mass is 285 g/mol. The van der Waals surface area contributed by atoms with Gasteiger partial charge in [-0.1, -0.05) is 30.1 Å². The second kappa shape index (κ2) is 5.69. The van der Waals surface area contributed by atoms with Gasteiger partial charge < -0.3 is 9.67 Å². The fourth-order valence-electron chi connectivity index (χ4n) is 1.81. The summed E-state index contributed by atoms with van der Waals surface area (Å²) in [7, 11) is 0. The van der Waals surface area contributed by atoms with E-state index in [1.54, 1.807) is 18.2 Å². The third kappa shape index (κ3) is 2.66. The molecule has 2 rings (SSSR count). The molecule has 0 aliphatic heterocycles. The van der Waals surface area contributed by atoms with Gasteiger partial charge in [-0.05, 0) is 24.6 Å². The van der Waals surface area contributed by atoms with Crippen LogP contribution in [-0.2, 0) is 13.2 Å². The maximum atomic E-state index is 9.24. The van der Waals surface area contributed by atoms with Crippen molar-refractivity contribution in [3.63, 3.8) is 0 Å². The maximum Gasteiger partial charge on any atom is 0.164 e. The lowest BCUT2D eigenvalue weighted by molar-refractivity contribution is 0.264. The lowest BCUT2D eigenvalue weighted by atomic mass is 10.2. The smallest absolute Gasteiger partial charge is 0.164 e. The molecule has 1 N–H and O–H groups in total. The first kappa shape index (κ1) is 13.3. The van der Waals surface area contributed by atoms with Gasteiger partial charge >= 0.3 is 0 Å². The zero-order valence-electron chi connectivity index (χ0n) is 9.90. The molecule has 1 aromatic heterocycles. The molecule has 2 aromatic rings. The zero-order valence-corrected chi connectivity index (χ0v) is 11.4. The van der Waals surface area contributed by atoms with Crippen LogP contribution in [0.25, 0.3) is 11.4 Å². The quantitative estimate of drug-likeness (QED) is 0.939. The van der Waals surface area contributed by atoms with Crippen molar-refractivity contribution in [1.82, 2.24) is 14.8 Å². The summed E-state index contributed by atoms with van der Waals surface area (Å²) in [4.78, 5) is 0. The first-order valence-electron chi connectivity index (χ1n) is 5.65. The average molecular weight is 286 g/mol. The molecule has 1 aromatic carbocycles. The van der Waals surface area contributed by atoms with Gasteiger partial charge in [-0.3, -0.25) is 0 Å². The van der Waals surface area contributed by atoms with E-state index in [1.807, 2.05) is 4.57 Å². The van der Waals surface area contributed by atoms with Gasteiger partial charge in [0.2, 0.25) is 0 Å². The number of hydrogen-bond donors (Lipinski definition) is 1. The normalized spacial score (nSPS) is 10.9. The highest BCUT2D eigenvalue weighted by Crippen LogP contribution is 2.26. The number of halogens is 2.